The molecule has 0 rings (SSSR count). The molecule has 1 atom stereocenters. The van der Waals surface area contributed by atoms with Crippen molar-refractivity contribution in [1.82, 2.24) is 0 Å². The highest BCUT2D eigenvalue weighted by molar-refractivity contribution is 4.91. The summed E-state index contributed by atoms with van der Waals surface area (Å²) in [5.74, 6) is -1.49. The van der Waals surface area contributed by atoms with Gasteiger partial charge in [-0.3, -0.25) is 0 Å². The van der Waals surface area contributed by atoms with Gasteiger partial charge < -0.3 is 10.2 Å². The monoisotopic (exact) mass is 184 g/mol. The molecule has 1 unspecified atom stereocenters. The van der Waals surface area contributed by atoms with Crippen molar-refractivity contribution >= 4 is 0 Å². The molecule has 0 spiro atoms. The molecule has 0 radical (unpaired) electrons. The van der Waals surface area contributed by atoms with Crippen LogP contribution in [0.1, 0.15) is 19.3 Å². The molecular weight excluding hydrogens is 173 g/mol. The van der Waals surface area contributed by atoms with E-state index in [4.69, 9.17) is 10.2 Å². The maximum absolute atomic E-state index is 12.1. The highest BCUT2D eigenvalue weighted by Gasteiger charge is 2.08. The Morgan fingerprint density at radius 1 is 1.17 bits per heavy atom. The summed E-state index contributed by atoms with van der Waals surface area (Å²) in [7, 11) is 0. The minimum absolute atomic E-state index is 0.0845. The molecule has 2 nitrogen and oxygen atoms in total. The van der Waals surface area contributed by atoms with Crippen LogP contribution in [0, 0.1) is 0 Å². The smallest absolute Gasteiger partial charge is 0.301 e. The Morgan fingerprint density at radius 3 is 2.17 bits per heavy atom. The van der Waals surface area contributed by atoms with Gasteiger partial charge in [-0.05, 0) is 12.8 Å². The number of hydrogen-bond acceptors (Lipinski definition) is 2. The number of halogens is 3. The zero-order valence-corrected chi connectivity index (χ0v) is 6.43. The van der Waals surface area contributed by atoms with Crippen LogP contribution in [-0.2, 0) is 0 Å². The molecule has 0 aromatic carbocycles. The molecule has 72 valence electrons. The second kappa shape index (κ2) is 6.02. The summed E-state index contributed by atoms with van der Waals surface area (Å²) in [5.41, 5.74) is 0. The van der Waals surface area contributed by atoms with Crippen LogP contribution >= 0.6 is 0 Å². The van der Waals surface area contributed by atoms with Crippen LogP contribution < -0.4 is 0 Å². The average molecular weight is 184 g/mol. The van der Waals surface area contributed by atoms with Gasteiger partial charge in [0.1, 0.15) is 0 Å². The fourth-order valence-electron chi connectivity index (χ4n) is 0.681. The zero-order chi connectivity index (χ0) is 9.56. The third-order valence-corrected chi connectivity index (χ3v) is 1.36. The van der Waals surface area contributed by atoms with Gasteiger partial charge in [-0.15, -0.1) is 0 Å². The third kappa shape index (κ3) is 5.15. The summed E-state index contributed by atoms with van der Waals surface area (Å²) in [6, 6.07) is 0. The van der Waals surface area contributed by atoms with E-state index >= 15 is 0 Å². The second-order valence-corrected chi connectivity index (χ2v) is 2.37. The van der Waals surface area contributed by atoms with Gasteiger partial charge in [0, 0.05) is 13.0 Å². The Kier molecular flexibility index (Phi) is 5.74. The molecule has 0 aliphatic heterocycles. The van der Waals surface area contributed by atoms with Crippen LogP contribution in [0.25, 0.3) is 0 Å². The molecule has 0 aromatic heterocycles. The van der Waals surface area contributed by atoms with Crippen molar-refractivity contribution in [3.05, 3.63) is 11.9 Å². The van der Waals surface area contributed by atoms with Crippen LogP contribution in [0.5, 0.6) is 0 Å². The Balaban J connectivity index is 3.61. The molecule has 0 heterocycles. The largest absolute Gasteiger partial charge is 0.396 e. The molecule has 0 aliphatic carbocycles. The van der Waals surface area contributed by atoms with Crippen molar-refractivity contribution in [3.63, 3.8) is 0 Å². The fourth-order valence-corrected chi connectivity index (χ4v) is 0.681. The van der Waals surface area contributed by atoms with E-state index < -0.39 is 24.4 Å². The summed E-state index contributed by atoms with van der Waals surface area (Å²) < 4.78 is 35.0. The highest BCUT2D eigenvalue weighted by Crippen LogP contribution is 2.16. The molecule has 0 aromatic rings. The van der Waals surface area contributed by atoms with Crippen LogP contribution in [0.4, 0.5) is 13.2 Å². The van der Waals surface area contributed by atoms with E-state index in [9.17, 15) is 13.2 Å². The van der Waals surface area contributed by atoms with Gasteiger partial charge in [0.25, 0.3) is 0 Å². The molecule has 12 heavy (non-hydrogen) atoms. The lowest BCUT2D eigenvalue weighted by molar-refractivity contribution is 0.123. The van der Waals surface area contributed by atoms with Gasteiger partial charge in [-0.2, -0.15) is 8.78 Å². The molecule has 2 N–H and O–H groups in total. The first-order valence-electron chi connectivity index (χ1n) is 3.56. The van der Waals surface area contributed by atoms with Crippen LogP contribution in [0.2, 0.25) is 0 Å². The minimum atomic E-state index is -2.34. The van der Waals surface area contributed by atoms with Gasteiger partial charge in [0.15, 0.2) is 5.83 Å². The van der Waals surface area contributed by atoms with Crippen molar-refractivity contribution in [3.8, 4) is 0 Å². The van der Waals surface area contributed by atoms with E-state index in [2.05, 4.69) is 0 Å². The van der Waals surface area contributed by atoms with Gasteiger partial charge in [-0.1, -0.05) is 0 Å². The van der Waals surface area contributed by atoms with E-state index in [1.807, 2.05) is 0 Å². The zero-order valence-electron chi connectivity index (χ0n) is 6.43. The van der Waals surface area contributed by atoms with Gasteiger partial charge in [0.05, 0.1) is 6.10 Å². The Bertz CT molecular complexity index is 155. The SMILES string of the molecule is OCCC(O)CCC(F)=C(F)F. The average Bonchev–Trinajstić information content (AvgIpc) is 2.00. The minimum Gasteiger partial charge on any atom is -0.396 e. The maximum Gasteiger partial charge on any atom is 0.301 e. The molecular formula is C7H11F3O2. The van der Waals surface area contributed by atoms with Gasteiger partial charge in [0.2, 0.25) is 0 Å². The van der Waals surface area contributed by atoms with Gasteiger partial charge >= 0.3 is 6.08 Å². The second-order valence-electron chi connectivity index (χ2n) is 2.37. The van der Waals surface area contributed by atoms with Crippen molar-refractivity contribution in [2.24, 2.45) is 0 Å². The lowest BCUT2D eigenvalue weighted by atomic mass is 10.1. The molecule has 0 saturated carbocycles. The number of aliphatic hydroxyl groups excluding tert-OH is 2. The first-order chi connectivity index (χ1) is 5.57. The topological polar surface area (TPSA) is 40.5 Å². The van der Waals surface area contributed by atoms with Crippen LogP contribution in [-0.4, -0.2) is 22.9 Å². The normalized spacial score (nSPS) is 12.8. The lowest BCUT2D eigenvalue weighted by Gasteiger charge is -2.06. The van der Waals surface area contributed by atoms with E-state index in [1.165, 1.54) is 0 Å². The third-order valence-electron chi connectivity index (χ3n) is 1.36. The summed E-state index contributed by atoms with van der Waals surface area (Å²) >= 11 is 0. The summed E-state index contributed by atoms with van der Waals surface area (Å²) in [5, 5.41) is 17.2. The number of rotatable bonds is 5. The lowest BCUT2D eigenvalue weighted by Crippen LogP contribution is -2.08. The molecule has 0 amide bonds. The highest BCUT2D eigenvalue weighted by atomic mass is 19.3. The standard InChI is InChI=1S/C7H11F3O2/c8-6(7(9)10)2-1-5(12)3-4-11/h5,11-12H,1-4H2. The summed E-state index contributed by atoms with van der Waals surface area (Å²) in [6.45, 7) is -0.232. The molecule has 0 bridgehead atoms. The number of hydrogen-bond donors (Lipinski definition) is 2. The van der Waals surface area contributed by atoms with E-state index in [0.717, 1.165) is 0 Å². The van der Waals surface area contributed by atoms with Crippen LogP contribution in [0.15, 0.2) is 11.9 Å². The Hall–Kier alpha value is -0.550. The van der Waals surface area contributed by atoms with Crippen molar-refractivity contribution in [2.75, 3.05) is 6.61 Å². The predicted molar refractivity (Wildman–Crippen MR) is 37.3 cm³/mol. The number of allylic oxidation sites excluding steroid dienone is 1. The molecule has 0 aliphatic rings. The molecule has 5 heteroatoms. The summed E-state index contributed by atoms with van der Waals surface area (Å²) in [6.07, 6.45) is -3.75. The maximum atomic E-state index is 12.1. The van der Waals surface area contributed by atoms with Crippen molar-refractivity contribution < 1.29 is 23.4 Å². The van der Waals surface area contributed by atoms with E-state index in [0.29, 0.717) is 0 Å². The summed E-state index contributed by atoms with van der Waals surface area (Å²) in [4.78, 5) is 0. The first-order valence-corrected chi connectivity index (χ1v) is 3.56. The van der Waals surface area contributed by atoms with Gasteiger partial charge in [-0.25, -0.2) is 4.39 Å². The van der Waals surface area contributed by atoms with E-state index in [1.54, 1.807) is 0 Å². The number of aliphatic hydroxyl groups is 2. The first kappa shape index (κ1) is 11.4. The quantitative estimate of drug-likeness (QED) is 0.681. The molecule has 0 fully saturated rings. The fraction of sp³-hybridized carbons (Fsp3) is 0.714. The Labute approximate surface area is 68.3 Å². The van der Waals surface area contributed by atoms with E-state index in [-0.39, 0.29) is 19.4 Å². The predicted octanol–water partition coefficient (Wildman–Crippen LogP) is 1.59. The van der Waals surface area contributed by atoms with Crippen molar-refractivity contribution in [1.29, 1.82) is 0 Å². The van der Waals surface area contributed by atoms with Crippen molar-refractivity contribution in [2.45, 2.75) is 25.4 Å². The van der Waals surface area contributed by atoms with Crippen LogP contribution in [0.3, 0.4) is 0 Å². The Morgan fingerprint density at radius 2 is 1.75 bits per heavy atom. The molecule has 0 saturated heterocycles.